The molecular formula is C20H19ClN2O2S. The van der Waals surface area contributed by atoms with Gasteiger partial charge >= 0.3 is 0 Å². The number of thiazole rings is 1. The van der Waals surface area contributed by atoms with Gasteiger partial charge in [-0.25, -0.2) is 4.98 Å². The molecule has 0 spiro atoms. The van der Waals surface area contributed by atoms with E-state index >= 15 is 0 Å². The second kappa shape index (κ2) is 8.34. The third-order valence-corrected chi connectivity index (χ3v) is 5.09. The van der Waals surface area contributed by atoms with Gasteiger partial charge in [-0.15, -0.1) is 11.3 Å². The Morgan fingerprint density at radius 1 is 1.23 bits per heavy atom. The van der Waals surface area contributed by atoms with Gasteiger partial charge in [-0.2, -0.15) is 0 Å². The number of methoxy groups -OCH3 is 1. The van der Waals surface area contributed by atoms with E-state index in [-0.39, 0.29) is 12.3 Å². The van der Waals surface area contributed by atoms with E-state index in [4.69, 9.17) is 16.3 Å². The Balaban J connectivity index is 1.60. The van der Waals surface area contributed by atoms with Crippen molar-refractivity contribution in [2.75, 3.05) is 7.11 Å². The topological polar surface area (TPSA) is 51.2 Å². The molecule has 1 amide bonds. The predicted octanol–water partition coefficient (Wildman–Crippen LogP) is 4.64. The SMILES string of the molecule is COc1ccc(Cl)cc1CNC(=O)Cc1csc(-c2ccc(C)cc2)n1. The van der Waals surface area contributed by atoms with Crippen LogP contribution in [0.25, 0.3) is 10.6 Å². The van der Waals surface area contributed by atoms with Crippen molar-refractivity contribution in [3.05, 3.63) is 69.7 Å². The Morgan fingerprint density at radius 2 is 2.00 bits per heavy atom. The lowest BCUT2D eigenvalue weighted by Gasteiger charge is -2.10. The first-order valence-electron chi connectivity index (χ1n) is 8.15. The lowest BCUT2D eigenvalue weighted by molar-refractivity contribution is -0.120. The molecule has 1 aromatic heterocycles. The molecule has 134 valence electrons. The van der Waals surface area contributed by atoms with Crippen LogP contribution in [0.2, 0.25) is 5.02 Å². The number of halogens is 1. The van der Waals surface area contributed by atoms with E-state index < -0.39 is 0 Å². The third kappa shape index (κ3) is 4.62. The van der Waals surface area contributed by atoms with Gasteiger partial charge in [-0.05, 0) is 25.1 Å². The summed E-state index contributed by atoms with van der Waals surface area (Å²) >= 11 is 7.56. The van der Waals surface area contributed by atoms with Gasteiger partial charge in [0.15, 0.2) is 0 Å². The van der Waals surface area contributed by atoms with E-state index in [1.165, 1.54) is 5.56 Å². The number of amides is 1. The molecule has 0 bridgehead atoms. The lowest BCUT2D eigenvalue weighted by atomic mass is 10.2. The van der Waals surface area contributed by atoms with E-state index in [2.05, 4.69) is 29.4 Å². The zero-order chi connectivity index (χ0) is 18.5. The van der Waals surface area contributed by atoms with E-state index in [9.17, 15) is 4.79 Å². The highest BCUT2D eigenvalue weighted by Crippen LogP contribution is 2.25. The highest BCUT2D eigenvalue weighted by atomic mass is 35.5. The number of carbonyl (C=O) groups excluding carboxylic acids is 1. The highest BCUT2D eigenvalue weighted by Gasteiger charge is 2.10. The highest BCUT2D eigenvalue weighted by molar-refractivity contribution is 7.13. The molecule has 0 saturated heterocycles. The first-order valence-corrected chi connectivity index (χ1v) is 9.41. The van der Waals surface area contributed by atoms with Crippen molar-refractivity contribution in [3.8, 4) is 16.3 Å². The van der Waals surface area contributed by atoms with Crippen LogP contribution in [-0.4, -0.2) is 18.0 Å². The summed E-state index contributed by atoms with van der Waals surface area (Å²) in [6.45, 7) is 2.41. The molecule has 26 heavy (non-hydrogen) atoms. The number of ether oxygens (including phenoxy) is 1. The van der Waals surface area contributed by atoms with Crippen molar-refractivity contribution in [2.24, 2.45) is 0 Å². The Labute approximate surface area is 161 Å². The molecular weight excluding hydrogens is 368 g/mol. The normalized spacial score (nSPS) is 10.6. The fourth-order valence-corrected chi connectivity index (χ4v) is 3.54. The first-order chi connectivity index (χ1) is 12.5. The zero-order valence-electron chi connectivity index (χ0n) is 14.6. The molecule has 0 unspecified atom stereocenters. The fourth-order valence-electron chi connectivity index (χ4n) is 2.52. The predicted molar refractivity (Wildman–Crippen MR) is 106 cm³/mol. The van der Waals surface area contributed by atoms with E-state index in [0.717, 1.165) is 21.8 Å². The molecule has 0 aliphatic carbocycles. The van der Waals surface area contributed by atoms with Crippen molar-refractivity contribution >= 4 is 28.8 Å². The molecule has 4 nitrogen and oxygen atoms in total. The van der Waals surface area contributed by atoms with Gasteiger partial charge in [0.05, 0.1) is 19.2 Å². The van der Waals surface area contributed by atoms with Gasteiger partial charge in [0.2, 0.25) is 5.91 Å². The molecule has 0 aliphatic heterocycles. The van der Waals surface area contributed by atoms with Crippen molar-refractivity contribution < 1.29 is 9.53 Å². The molecule has 6 heteroatoms. The van der Waals surface area contributed by atoms with Gasteiger partial charge in [0.1, 0.15) is 10.8 Å². The number of aryl methyl sites for hydroxylation is 1. The smallest absolute Gasteiger partial charge is 0.226 e. The van der Waals surface area contributed by atoms with Crippen LogP contribution < -0.4 is 10.1 Å². The Hall–Kier alpha value is -2.37. The largest absolute Gasteiger partial charge is 0.496 e. The van der Waals surface area contributed by atoms with Crippen LogP contribution in [0, 0.1) is 6.92 Å². The quantitative estimate of drug-likeness (QED) is 0.671. The van der Waals surface area contributed by atoms with Gasteiger partial charge in [-0.1, -0.05) is 41.4 Å². The van der Waals surface area contributed by atoms with Crippen LogP contribution in [0.5, 0.6) is 5.75 Å². The monoisotopic (exact) mass is 386 g/mol. The molecule has 3 aromatic rings. The van der Waals surface area contributed by atoms with Crippen molar-refractivity contribution in [3.63, 3.8) is 0 Å². The van der Waals surface area contributed by atoms with Crippen LogP contribution in [-0.2, 0) is 17.8 Å². The van der Waals surface area contributed by atoms with E-state index in [0.29, 0.717) is 17.3 Å². The minimum Gasteiger partial charge on any atom is -0.496 e. The number of carbonyl (C=O) groups is 1. The second-order valence-corrected chi connectivity index (χ2v) is 7.21. The number of hydrogen-bond donors (Lipinski definition) is 1. The summed E-state index contributed by atoms with van der Waals surface area (Å²) in [7, 11) is 1.59. The number of hydrogen-bond acceptors (Lipinski definition) is 4. The molecule has 2 aromatic carbocycles. The minimum absolute atomic E-state index is 0.0900. The van der Waals surface area contributed by atoms with Crippen LogP contribution in [0.1, 0.15) is 16.8 Å². The van der Waals surface area contributed by atoms with Gasteiger partial charge in [-0.3, -0.25) is 4.79 Å². The van der Waals surface area contributed by atoms with Gasteiger partial charge < -0.3 is 10.1 Å². The first kappa shape index (κ1) is 18.4. The fraction of sp³-hybridized carbons (Fsp3) is 0.200. The van der Waals surface area contributed by atoms with Crippen LogP contribution in [0.3, 0.4) is 0 Å². The summed E-state index contributed by atoms with van der Waals surface area (Å²) in [5.74, 6) is 0.609. The Bertz CT molecular complexity index is 906. The Kier molecular flexibility index (Phi) is 5.91. The third-order valence-electron chi connectivity index (χ3n) is 3.91. The molecule has 0 atom stereocenters. The zero-order valence-corrected chi connectivity index (χ0v) is 16.2. The summed E-state index contributed by atoms with van der Waals surface area (Å²) in [4.78, 5) is 16.8. The van der Waals surface area contributed by atoms with Crippen molar-refractivity contribution in [2.45, 2.75) is 19.9 Å². The molecule has 0 aliphatic rings. The number of nitrogens with one attached hydrogen (secondary N) is 1. The Morgan fingerprint density at radius 3 is 2.73 bits per heavy atom. The molecule has 3 rings (SSSR count). The minimum atomic E-state index is -0.0900. The molecule has 0 fully saturated rings. The van der Waals surface area contributed by atoms with E-state index in [1.807, 2.05) is 17.5 Å². The second-order valence-electron chi connectivity index (χ2n) is 5.92. The summed E-state index contributed by atoms with van der Waals surface area (Å²) in [6.07, 6.45) is 0.241. The summed E-state index contributed by atoms with van der Waals surface area (Å²) < 4.78 is 5.29. The number of benzene rings is 2. The van der Waals surface area contributed by atoms with Crippen LogP contribution >= 0.6 is 22.9 Å². The average molecular weight is 387 g/mol. The molecule has 1 heterocycles. The maximum Gasteiger partial charge on any atom is 0.226 e. The standard InChI is InChI=1S/C20H19ClN2O2S/c1-13-3-5-14(6-4-13)20-23-17(12-26-20)10-19(24)22-11-15-9-16(21)7-8-18(15)25-2/h3-9,12H,10-11H2,1-2H3,(H,22,24). The number of rotatable bonds is 6. The summed E-state index contributed by atoms with van der Waals surface area (Å²) in [5.41, 5.74) is 3.88. The number of aromatic nitrogens is 1. The van der Waals surface area contributed by atoms with Crippen LogP contribution in [0.4, 0.5) is 0 Å². The van der Waals surface area contributed by atoms with Crippen molar-refractivity contribution in [1.29, 1.82) is 0 Å². The molecule has 1 N–H and O–H groups in total. The maximum absolute atomic E-state index is 12.2. The van der Waals surface area contributed by atoms with Crippen LogP contribution in [0.15, 0.2) is 47.8 Å². The van der Waals surface area contributed by atoms with Gasteiger partial charge in [0.25, 0.3) is 0 Å². The average Bonchev–Trinajstić information content (AvgIpc) is 3.09. The number of nitrogens with zero attached hydrogens (tertiary/aromatic N) is 1. The maximum atomic E-state index is 12.2. The van der Waals surface area contributed by atoms with Crippen molar-refractivity contribution in [1.82, 2.24) is 10.3 Å². The van der Waals surface area contributed by atoms with E-state index in [1.54, 1.807) is 36.6 Å². The van der Waals surface area contributed by atoms with Gasteiger partial charge in [0, 0.05) is 28.1 Å². The lowest BCUT2D eigenvalue weighted by Crippen LogP contribution is -2.24. The summed E-state index contributed by atoms with van der Waals surface area (Å²) in [6, 6.07) is 13.5. The molecule has 0 saturated carbocycles. The summed E-state index contributed by atoms with van der Waals surface area (Å²) in [5, 5.41) is 6.35. The molecule has 0 radical (unpaired) electrons.